The number of carbonyl (C=O) groups excluding carboxylic acids is 1. The SMILES string of the molecule is CC(C)CNC(=O)c1ccc2c(c1)N=C(c1ccc(Cl)s1)c1ccc(Cl)cc1S2. The number of nitrogens with one attached hydrogen (secondary N) is 1. The van der Waals surface area contributed by atoms with Crippen molar-refractivity contribution in [3.63, 3.8) is 0 Å². The summed E-state index contributed by atoms with van der Waals surface area (Å²) in [5.41, 5.74) is 3.19. The summed E-state index contributed by atoms with van der Waals surface area (Å²) < 4.78 is 0.706. The standard InChI is InChI=1S/C22H18Cl2N2OS2/c1-12(2)11-25-22(27)13-3-6-17-16(9-13)26-21(18-7-8-20(24)29-18)15-5-4-14(23)10-19(15)28-17/h3-10,12H,11H2,1-2H3,(H,25,27). The zero-order chi connectivity index (χ0) is 20.5. The Morgan fingerprint density at radius 3 is 2.62 bits per heavy atom. The van der Waals surface area contributed by atoms with Crippen molar-refractivity contribution in [1.29, 1.82) is 0 Å². The first kappa shape index (κ1) is 20.5. The largest absolute Gasteiger partial charge is 0.352 e. The van der Waals surface area contributed by atoms with Gasteiger partial charge in [-0.25, -0.2) is 4.99 Å². The Kier molecular flexibility index (Phi) is 6.02. The molecule has 1 aliphatic heterocycles. The average Bonchev–Trinajstić information content (AvgIpc) is 3.04. The molecule has 0 fully saturated rings. The number of benzene rings is 2. The minimum Gasteiger partial charge on any atom is -0.352 e. The van der Waals surface area contributed by atoms with Gasteiger partial charge in [-0.1, -0.05) is 54.9 Å². The molecule has 1 aliphatic rings. The van der Waals surface area contributed by atoms with Crippen LogP contribution in [0.1, 0.15) is 34.6 Å². The van der Waals surface area contributed by atoms with Crippen molar-refractivity contribution in [3.05, 3.63) is 73.9 Å². The molecule has 0 atom stereocenters. The molecule has 1 amide bonds. The van der Waals surface area contributed by atoms with Gasteiger partial charge in [-0.15, -0.1) is 11.3 Å². The van der Waals surface area contributed by atoms with E-state index in [1.807, 2.05) is 48.5 Å². The van der Waals surface area contributed by atoms with E-state index in [9.17, 15) is 4.79 Å². The van der Waals surface area contributed by atoms with Crippen molar-refractivity contribution in [1.82, 2.24) is 5.32 Å². The fraction of sp³-hybridized carbons (Fsp3) is 0.182. The molecule has 0 unspecified atom stereocenters. The van der Waals surface area contributed by atoms with Crippen LogP contribution in [0.3, 0.4) is 0 Å². The Morgan fingerprint density at radius 2 is 1.90 bits per heavy atom. The molecule has 4 rings (SSSR count). The Morgan fingerprint density at radius 1 is 1.07 bits per heavy atom. The molecule has 148 valence electrons. The van der Waals surface area contributed by atoms with Crippen LogP contribution in [0.2, 0.25) is 9.36 Å². The number of fused-ring (bicyclic) bond motifs is 2. The first-order valence-electron chi connectivity index (χ1n) is 9.15. The lowest BCUT2D eigenvalue weighted by Gasteiger charge is -2.09. The van der Waals surface area contributed by atoms with Crippen molar-refractivity contribution in [2.75, 3.05) is 6.54 Å². The Balaban J connectivity index is 1.81. The van der Waals surface area contributed by atoms with Gasteiger partial charge >= 0.3 is 0 Å². The zero-order valence-corrected chi connectivity index (χ0v) is 19.0. The highest BCUT2D eigenvalue weighted by molar-refractivity contribution is 7.99. The average molecular weight is 461 g/mol. The Hall–Kier alpha value is -1.79. The van der Waals surface area contributed by atoms with Crippen LogP contribution < -0.4 is 5.32 Å². The first-order valence-corrected chi connectivity index (χ1v) is 11.5. The van der Waals surface area contributed by atoms with Gasteiger partial charge in [0.15, 0.2) is 0 Å². The summed E-state index contributed by atoms with van der Waals surface area (Å²) in [5, 5.41) is 3.64. The number of hydrogen-bond acceptors (Lipinski definition) is 4. The van der Waals surface area contributed by atoms with E-state index in [-0.39, 0.29) is 5.91 Å². The molecule has 7 heteroatoms. The van der Waals surface area contributed by atoms with E-state index >= 15 is 0 Å². The van der Waals surface area contributed by atoms with E-state index in [4.69, 9.17) is 28.2 Å². The summed E-state index contributed by atoms with van der Waals surface area (Å²) in [7, 11) is 0. The van der Waals surface area contributed by atoms with E-state index in [0.29, 0.717) is 27.4 Å². The number of carbonyl (C=O) groups is 1. The smallest absolute Gasteiger partial charge is 0.251 e. The topological polar surface area (TPSA) is 41.5 Å². The maximum Gasteiger partial charge on any atom is 0.251 e. The molecule has 3 nitrogen and oxygen atoms in total. The van der Waals surface area contributed by atoms with E-state index in [1.54, 1.807) is 11.8 Å². The summed E-state index contributed by atoms with van der Waals surface area (Å²) in [6.45, 7) is 4.77. The number of thiophene rings is 1. The fourth-order valence-corrected chi connectivity index (χ4v) is 5.26. The van der Waals surface area contributed by atoms with Crippen LogP contribution in [0.25, 0.3) is 0 Å². The summed E-state index contributed by atoms with van der Waals surface area (Å²) in [6, 6.07) is 15.3. The molecule has 3 aromatic rings. The van der Waals surface area contributed by atoms with Gasteiger partial charge in [-0.2, -0.15) is 0 Å². The molecule has 0 spiro atoms. The number of amides is 1. The second kappa shape index (κ2) is 8.52. The predicted octanol–water partition coefficient (Wildman–Crippen LogP) is 7.07. The highest BCUT2D eigenvalue weighted by atomic mass is 35.5. The van der Waals surface area contributed by atoms with Crippen LogP contribution in [0.4, 0.5) is 5.69 Å². The van der Waals surface area contributed by atoms with Crippen molar-refractivity contribution in [2.24, 2.45) is 10.9 Å². The van der Waals surface area contributed by atoms with Crippen molar-refractivity contribution in [3.8, 4) is 0 Å². The molecule has 29 heavy (non-hydrogen) atoms. The molecule has 0 saturated carbocycles. The van der Waals surface area contributed by atoms with Gasteiger partial charge in [0, 0.05) is 32.5 Å². The Labute approximate surface area is 188 Å². The minimum atomic E-state index is -0.0905. The van der Waals surface area contributed by atoms with Gasteiger partial charge in [-0.3, -0.25) is 4.79 Å². The van der Waals surface area contributed by atoms with E-state index in [1.165, 1.54) is 11.3 Å². The fourth-order valence-electron chi connectivity index (χ4n) is 2.94. The molecule has 0 radical (unpaired) electrons. The van der Waals surface area contributed by atoms with Crippen molar-refractivity contribution in [2.45, 2.75) is 23.6 Å². The van der Waals surface area contributed by atoms with Gasteiger partial charge < -0.3 is 5.32 Å². The van der Waals surface area contributed by atoms with E-state index < -0.39 is 0 Å². The third kappa shape index (κ3) is 4.53. The van der Waals surface area contributed by atoms with Crippen molar-refractivity contribution < 1.29 is 4.79 Å². The number of aliphatic imine (C=N–C) groups is 1. The predicted molar refractivity (Wildman–Crippen MR) is 124 cm³/mol. The summed E-state index contributed by atoms with van der Waals surface area (Å²) in [6.07, 6.45) is 0. The second-order valence-electron chi connectivity index (χ2n) is 7.09. The molecule has 0 aliphatic carbocycles. The molecule has 2 heterocycles. The van der Waals surface area contributed by atoms with Gasteiger partial charge in [0.05, 0.1) is 20.6 Å². The van der Waals surface area contributed by atoms with Gasteiger partial charge in [0.1, 0.15) is 0 Å². The normalized spacial score (nSPS) is 12.8. The highest BCUT2D eigenvalue weighted by Crippen LogP contribution is 2.43. The molecule has 1 N–H and O–H groups in total. The van der Waals surface area contributed by atoms with Crippen LogP contribution >= 0.6 is 46.3 Å². The lowest BCUT2D eigenvalue weighted by Crippen LogP contribution is -2.27. The van der Waals surface area contributed by atoms with Crippen LogP contribution in [0, 0.1) is 5.92 Å². The summed E-state index contributed by atoms with van der Waals surface area (Å²) in [5.74, 6) is 0.301. The number of halogens is 2. The second-order valence-corrected chi connectivity index (χ2v) is 10.3. The first-order chi connectivity index (χ1) is 13.9. The molecular weight excluding hydrogens is 443 g/mol. The number of nitrogens with zero attached hydrogens (tertiary/aromatic N) is 1. The van der Waals surface area contributed by atoms with Crippen LogP contribution in [-0.2, 0) is 0 Å². The Bertz CT molecular complexity index is 1120. The lowest BCUT2D eigenvalue weighted by atomic mass is 10.1. The molecule has 0 saturated heterocycles. The third-order valence-electron chi connectivity index (χ3n) is 4.35. The maximum atomic E-state index is 12.5. The van der Waals surface area contributed by atoms with Crippen LogP contribution in [0.5, 0.6) is 0 Å². The summed E-state index contributed by atoms with van der Waals surface area (Å²) >= 11 is 15.5. The summed E-state index contributed by atoms with van der Waals surface area (Å²) in [4.78, 5) is 20.5. The van der Waals surface area contributed by atoms with Crippen molar-refractivity contribution >= 4 is 63.6 Å². The van der Waals surface area contributed by atoms with Gasteiger partial charge in [0.25, 0.3) is 5.91 Å². The van der Waals surface area contributed by atoms with Gasteiger partial charge in [0.2, 0.25) is 0 Å². The minimum absolute atomic E-state index is 0.0905. The molecular formula is C22H18Cl2N2OS2. The quantitative estimate of drug-likeness (QED) is 0.353. The zero-order valence-electron chi connectivity index (χ0n) is 15.8. The third-order valence-corrected chi connectivity index (χ3v) is 6.95. The van der Waals surface area contributed by atoms with E-state index in [0.717, 1.165) is 31.6 Å². The van der Waals surface area contributed by atoms with Crippen LogP contribution in [0.15, 0.2) is 63.3 Å². The van der Waals surface area contributed by atoms with E-state index in [2.05, 4.69) is 19.2 Å². The number of rotatable bonds is 4. The maximum absolute atomic E-state index is 12.5. The lowest BCUT2D eigenvalue weighted by molar-refractivity contribution is 0.0949. The van der Waals surface area contributed by atoms with Crippen LogP contribution in [-0.4, -0.2) is 18.2 Å². The highest BCUT2D eigenvalue weighted by Gasteiger charge is 2.21. The molecule has 1 aromatic heterocycles. The van der Waals surface area contributed by atoms with Gasteiger partial charge in [-0.05, 0) is 48.4 Å². The number of hydrogen-bond donors (Lipinski definition) is 1. The molecule has 2 aromatic carbocycles. The molecule has 0 bridgehead atoms. The monoisotopic (exact) mass is 460 g/mol.